The van der Waals surface area contributed by atoms with Crippen LogP contribution >= 0.6 is 0 Å². The second kappa shape index (κ2) is 6.79. The van der Waals surface area contributed by atoms with Crippen molar-refractivity contribution in [1.82, 2.24) is 0 Å². The van der Waals surface area contributed by atoms with Gasteiger partial charge >= 0.3 is 5.97 Å². The molecule has 1 N–H and O–H groups in total. The van der Waals surface area contributed by atoms with E-state index in [0.717, 1.165) is 11.4 Å². The van der Waals surface area contributed by atoms with Gasteiger partial charge in [0.25, 0.3) is 0 Å². The normalized spacial score (nSPS) is 11.7. The van der Waals surface area contributed by atoms with E-state index < -0.39 is 12.0 Å². The summed E-state index contributed by atoms with van der Waals surface area (Å²) in [7, 11) is 1.77. The van der Waals surface area contributed by atoms with Crippen molar-refractivity contribution in [2.24, 2.45) is 0 Å². The molecular weight excluding hydrogens is 266 g/mol. The van der Waals surface area contributed by atoms with Crippen LogP contribution in [0.5, 0.6) is 11.5 Å². The maximum atomic E-state index is 11.3. The first-order valence-corrected chi connectivity index (χ1v) is 6.91. The zero-order valence-electron chi connectivity index (χ0n) is 12.2. The molecule has 0 radical (unpaired) electrons. The van der Waals surface area contributed by atoms with E-state index in [1.807, 2.05) is 61.5 Å². The molecule has 0 amide bonds. The quantitative estimate of drug-likeness (QED) is 0.877. The van der Waals surface area contributed by atoms with Crippen molar-refractivity contribution < 1.29 is 14.6 Å². The summed E-state index contributed by atoms with van der Waals surface area (Å²) in [5, 5.41) is 9.30. The van der Waals surface area contributed by atoms with Gasteiger partial charge in [-0.15, -0.1) is 0 Å². The minimum Gasteiger partial charge on any atom is -0.480 e. The Bertz CT molecular complexity index is 598. The molecule has 2 aromatic carbocycles. The zero-order valence-corrected chi connectivity index (χ0v) is 12.2. The Morgan fingerprint density at radius 2 is 1.76 bits per heavy atom. The topological polar surface area (TPSA) is 49.8 Å². The van der Waals surface area contributed by atoms with Gasteiger partial charge in [-0.2, -0.15) is 0 Å². The molecule has 0 aliphatic heterocycles. The molecule has 0 aliphatic rings. The second-order valence-corrected chi connectivity index (χ2v) is 4.76. The molecule has 4 heteroatoms. The highest BCUT2D eigenvalue weighted by Gasteiger charge is 2.23. The average Bonchev–Trinajstić information content (AvgIpc) is 2.49. The molecule has 0 heterocycles. The fourth-order valence-electron chi connectivity index (χ4n) is 2.23. The SMILES string of the molecule is CC[C@H](C(=O)O)N(C)c1ccccc1Oc1ccccc1. The fourth-order valence-corrected chi connectivity index (χ4v) is 2.23. The van der Waals surface area contributed by atoms with Crippen molar-refractivity contribution in [2.45, 2.75) is 19.4 Å². The summed E-state index contributed by atoms with van der Waals surface area (Å²) in [6.07, 6.45) is 0.519. The summed E-state index contributed by atoms with van der Waals surface area (Å²) < 4.78 is 5.87. The van der Waals surface area contributed by atoms with Crippen LogP contribution in [0.25, 0.3) is 0 Å². The van der Waals surface area contributed by atoms with Crippen LogP contribution in [0.4, 0.5) is 5.69 Å². The number of carboxylic acids is 1. The lowest BCUT2D eigenvalue weighted by Crippen LogP contribution is -2.38. The van der Waals surface area contributed by atoms with E-state index in [9.17, 15) is 9.90 Å². The van der Waals surface area contributed by atoms with Crippen molar-refractivity contribution in [3.05, 3.63) is 54.6 Å². The summed E-state index contributed by atoms with van der Waals surface area (Å²) in [5.74, 6) is 0.530. The summed E-state index contributed by atoms with van der Waals surface area (Å²) in [4.78, 5) is 13.1. The van der Waals surface area contributed by atoms with Crippen molar-refractivity contribution in [2.75, 3.05) is 11.9 Å². The molecule has 0 bridgehead atoms. The summed E-state index contributed by atoms with van der Waals surface area (Å²) in [6.45, 7) is 1.86. The highest BCUT2D eigenvalue weighted by atomic mass is 16.5. The van der Waals surface area contributed by atoms with Crippen LogP contribution in [-0.2, 0) is 4.79 Å². The molecule has 0 unspecified atom stereocenters. The Balaban J connectivity index is 2.30. The Morgan fingerprint density at radius 1 is 1.14 bits per heavy atom. The number of carbonyl (C=O) groups is 1. The zero-order chi connectivity index (χ0) is 15.2. The number of likely N-dealkylation sites (N-methyl/N-ethyl adjacent to an activating group) is 1. The first-order chi connectivity index (χ1) is 10.1. The largest absolute Gasteiger partial charge is 0.480 e. The number of rotatable bonds is 6. The molecular formula is C17H19NO3. The molecule has 2 rings (SSSR count). The Hall–Kier alpha value is -2.49. The molecule has 0 spiro atoms. The van der Waals surface area contributed by atoms with Crippen molar-refractivity contribution in [3.8, 4) is 11.5 Å². The molecule has 0 aliphatic carbocycles. The lowest BCUT2D eigenvalue weighted by Gasteiger charge is -2.27. The fraction of sp³-hybridized carbons (Fsp3) is 0.235. The number of para-hydroxylation sites is 3. The van der Waals surface area contributed by atoms with Crippen molar-refractivity contribution >= 4 is 11.7 Å². The standard InChI is InChI=1S/C17H19NO3/c1-3-14(17(19)20)18(2)15-11-7-8-12-16(15)21-13-9-5-4-6-10-13/h4-12,14H,3H2,1-2H3,(H,19,20)/t14-/m1/s1. The monoisotopic (exact) mass is 285 g/mol. The van der Waals surface area contributed by atoms with Crippen LogP contribution in [0.1, 0.15) is 13.3 Å². The van der Waals surface area contributed by atoms with Gasteiger partial charge in [0.2, 0.25) is 0 Å². The molecule has 0 saturated carbocycles. The lowest BCUT2D eigenvalue weighted by molar-refractivity contribution is -0.138. The summed E-state index contributed by atoms with van der Waals surface area (Å²) >= 11 is 0. The first-order valence-electron chi connectivity index (χ1n) is 6.91. The van der Waals surface area contributed by atoms with Gasteiger partial charge in [0, 0.05) is 7.05 Å². The molecule has 0 aromatic heterocycles. The van der Waals surface area contributed by atoms with Gasteiger partial charge < -0.3 is 14.7 Å². The Labute approximate surface area is 124 Å². The number of hydrogen-bond donors (Lipinski definition) is 1. The Morgan fingerprint density at radius 3 is 2.38 bits per heavy atom. The van der Waals surface area contributed by atoms with Crippen molar-refractivity contribution in [3.63, 3.8) is 0 Å². The van der Waals surface area contributed by atoms with Crippen LogP contribution in [0.15, 0.2) is 54.6 Å². The highest BCUT2D eigenvalue weighted by molar-refractivity contribution is 5.79. The van der Waals surface area contributed by atoms with Gasteiger partial charge in [0.15, 0.2) is 5.75 Å². The maximum absolute atomic E-state index is 11.3. The summed E-state index contributed by atoms with van der Waals surface area (Å²) in [5.41, 5.74) is 0.760. The third-order valence-electron chi connectivity index (χ3n) is 3.36. The highest BCUT2D eigenvalue weighted by Crippen LogP contribution is 2.32. The molecule has 4 nitrogen and oxygen atoms in total. The van der Waals surface area contributed by atoms with Crippen LogP contribution in [0, 0.1) is 0 Å². The van der Waals surface area contributed by atoms with E-state index in [1.54, 1.807) is 11.9 Å². The van der Waals surface area contributed by atoms with E-state index >= 15 is 0 Å². The predicted molar refractivity (Wildman–Crippen MR) is 83.1 cm³/mol. The lowest BCUT2D eigenvalue weighted by atomic mass is 10.1. The number of anilines is 1. The maximum Gasteiger partial charge on any atom is 0.326 e. The van der Waals surface area contributed by atoms with E-state index in [4.69, 9.17) is 4.74 Å². The average molecular weight is 285 g/mol. The molecule has 110 valence electrons. The minimum absolute atomic E-state index is 0.519. The molecule has 1 atom stereocenters. The van der Waals surface area contributed by atoms with Crippen LogP contribution in [0.2, 0.25) is 0 Å². The third kappa shape index (κ3) is 3.54. The number of carboxylic acid groups (broad SMARTS) is 1. The van der Waals surface area contributed by atoms with Gasteiger partial charge in [0.05, 0.1) is 5.69 Å². The number of nitrogens with zero attached hydrogens (tertiary/aromatic N) is 1. The van der Waals surface area contributed by atoms with Gasteiger partial charge in [0.1, 0.15) is 11.8 Å². The number of ether oxygens (including phenoxy) is 1. The number of aliphatic carboxylic acids is 1. The third-order valence-corrected chi connectivity index (χ3v) is 3.36. The second-order valence-electron chi connectivity index (χ2n) is 4.76. The molecule has 21 heavy (non-hydrogen) atoms. The molecule has 0 saturated heterocycles. The Kier molecular flexibility index (Phi) is 4.82. The van der Waals surface area contributed by atoms with Gasteiger partial charge in [-0.3, -0.25) is 0 Å². The van der Waals surface area contributed by atoms with Gasteiger partial charge in [-0.1, -0.05) is 37.3 Å². The van der Waals surface area contributed by atoms with E-state index in [-0.39, 0.29) is 0 Å². The van der Waals surface area contributed by atoms with E-state index in [0.29, 0.717) is 12.2 Å². The smallest absolute Gasteiger partial charge is 0.326 e. The molecule has 0 fully saturated rings. The van der Waals surface area contributed by atoms with Gasteiger partial charge in [-0.25, -0.2) is 4.79 Å². The number of hydrogen-bond acceptors (Lipinski definition) is 3. The van der Waals surface area contributed by atoms with E-state index in [1.165, 1.54) is 0 Å². The van der Waals surface area contributed by atoms with Crippen molar-refractivity contribution in [1.29, 1.82) is 0 Å². The molecule has 2 aromatic rings. The predicted octanol–water partition coefficient (Wildman–Crippen LogP) is 3.78. The first kappa shape index (κ1) is 14.9. The van der Waals surface area contributed by atoms with Gasteiger partial charge in [-0.05, 0) is 30.7 Å². The number of benzene rings is 2. The minimum atomic E-state index is -0.838. The van der Waals surface area contributed by atoms with Crippen LogP contribution in [0.3, 0.4) is 0 Å². The van der Waals surface area contributed by atoms with Crippen LogP contribution in [-0.4, -0.2) is 24.2 Å². The van der Waals surface area contributed by atoms with Crippen LogP contribution < -0.4 is 9.64 Å². The van der Waals surface area contributed by atoms with E-state index in [2.05, 4.69) is 0 Å². The summed E-state index contributed by atoms with van der Waals surface area (Å²) in [6, 6.07) is 16.3.